The first-order valence-electron chi connectivity index (χ1n) is 15.4. The van der Waals surface area contributed by atoms with Gasteiger partial charge in [-0.15, -0.1) is 0 Å². The molecule has 0 radical (unpaired) electrons. The molecule has 9 nitrogen and oxygen atoms in total. The number of fused-ring (bicyclic) bond motifs is 1. The summed E-state index contributed by atoms with van der Waals surface area (Å²) >= 11 is 0. The molecular formula is C32H53N3O6. The van der Waals surface area contributed by atoms with Crippen LogP contribution in [0.5, 0.6) is 5.75 Å². The Labute approximate surface area is 246 Å². The molecule has 3 aliphatic heterocycles. The molecule has 0 bridgehead atoms. The Morgan fingerprint density at radius 3 is 2.78 bits per heavy atom. The molecule has 0 aromatic heterocycles. The van der Waals surface area contributed by atoms with Crippen LogP contribution in [0.1, 0.15) is 65.4 Å². The summed E-state index contributed by atoms with van der Waals surface area (Å²) in [5, 5.41) is 6.84. The third-order valence-corrected chi connectivity index (χ3v) is 8.70. The second-order valence-corrected chi connectivity index (χ2v) is 13.2. The topological polar surface area (TPSA) is 90.5 Å². The zero-order chi connectivity index (χ0) is 29.5. The van der Waals surface area contributed by atoms with E-state index < -0.39 is 5.41 Å². The van der Waals surface area contributed by atoms with Crippen LogP contribution in [-0.4, -0.2) is 90.0 Å². The number of rotatable bonds is 13. The highest BCUT2D eigenvalue weighted by Crippen LogP contribution is 2.38. The largest absolute Gasteiger partial charge is 0.484 e. The van der Waals surface area contributed by atoms with Gasteiger partial charge in [0.25, 0.3) is 0 Å². The van der Waals surface area contributed by atoms with Crippen molar-refractivity contribution in [1.82, 2.24) is 10.6 Å². The molecule has 2 N–H and O–H groups in total. The Kier molecular flexibility index (Phi) is 11.3. The number of hydrogen-bond acceptors (Lipinski definition) is 8. The lowest BCUT2D eigenvalue weighted by atomic mass is 9.82. The first-order valence-corrected chi connectivity index (χ1v) is 15.4. The van der Waals surface area contributed by atoms with Crippen LogP contribution in [0.15, 0.2) is 18.2 Å². The second-order valence-electron chi connectivity index (χ2n) is 13.2. The molecule has 0 saturated carbocycles. The lowest BCUT2D eigenvalue weighted by molar-refractivity contribution is -0.131. The van der Waals surface area contributed by atoms with Crippen LogP contribution in [-0.2, 0) is 30.3 Å². The Hall–Kier alpha value is -1.91. The molecular weight excluding hydrogens is 522 g/mol. The average Bonchev–Trinajstić information content (AvgIpc) is 2.95. The Morgan fingerprint density at radius 1 is 1.22 bits per heavy atom. The fourth-order valence-electron chi connectivity index (χ4n) is 6.30. The van der Waals surface area contributed by atoms with Gasteiger partial charge in [-0.25, -0.2) is 0 Å². The third kappa shape index (κ3) is 9.04. The van der Waals surface area contributed by atoms with Gasteiger partial charge in [0.1, 0.15) is 11.4 Å². The highest BCUT2D eigenvalue weighted by molar-refractivity contribution is 5.81. The Bertz CT molecular complexity index is 978. The van der Waals surface area contributed by atoms with Gasteiger partial charge in [-0.3, -0.25) is 4.79 Å². The molecule has 2 saturated heterocycles. The van der Waals surface area contributed by atoms with Crippen molar-refractivity contribution in [2.45, 2.75) is 90.3 Å². The summed E-state index contributed by atoms with van der Waals surface area (Å²) in [6.07, 6.45) is 4.87. The summed E-state index contributed by atoms with van der Waals surface area (Å²) < 4.78 is 28.9. The second kappa shape index (κ2) is 14.5. The molecule has 1 aromatic carbocycles. The molecule has 1 amide bonds. The summed E-state index contributed by atoms with van der Waals surface area (Å²) in [4.78, 5) is 15.5. The number of anilines is 1. The van der Waals surface area contributed by atoms with E-state index in [1.807, 2.05) is 13.8 Å². The highest BCUT2D eigenvalue weighted by atomic mass is 16.5. The van der Waals surface area contributed by atoms with Crippen LogP contribution in [0.25, 0.3) is 0 Å². The summed E-state index contributed by atoms with van der Waals surface area (Å²) in [5.41, 5.74) is 1.62. The SMILES string of the molecule is COCCCN1CC(C)(C)Oc2ccc(CO[C@@H]3CC[C@@H](CC(C)(C)C(=O)NC[C@H]4CCOC[C@@H]4OC)NC3)cc21. The van der Waals surface area contributed by atoms with E-state index in [4.69, 9.17) is 23.7 Å². The molecule has 4 atom stereocenters. The molecule has 3 heterocycles. The summed E-state index contributed by atoms with van der Waals surface area (Å²) in [5.74, 6) is 1.34. The fourth-order valence-corrected chi connectivity index (χ4v) is 6.30. The van der Waals surface area contributed by atoms with Gasteiger partial charge in [0, 0.05) is 64.4 Å². The van der Waals surface area contributed by atoms with Crippen molar-refractivity contribution in [2.75, 3.05) is 65.1 Å². The highest BCUT2D eigenvalue weighted by Gasteiger charge is 2.35. The van der Waals surface area contributed by atoms with Crippen LogP contribution in [0, 0.1) is 11.3 Å². The number of piperidine rings is 1. The predicted octanol–water partition coefficient (Wildman–Crippen LogP) is 3.92. The van der Waals surface area contributed by atoms with Gasteiger partial charge >= 0.3 is 0 Å². The van der Waals surface area contributed by atoms with Crippen molar-refractivity contribution >= 4 is 11.6 Å². The van der Waals surface area contributed by atoms with Crippen molar-refractivity contribution in [1.29, 1.82) is 0 Å². The quantitative estimate of drug-likeness (QED) is 0.342. The number of nitrogens with one attached hydrogen (secondary N) is 2. The molecule has 0 unspecified atom stereocenters. The van der Waals surface area contributed by atoms with E-state index in [2.05, 4.69) is 47.6 Å². The van der Waals surface area contributed by atoms with Crippen molar-refractivity contribution < 1.29 is 28.5 Å². The lowest BCUT2D eigenvalue weighted by Crippen LogP contribution is -2.49. The number of nitrogens with zero attached hydrogens (tertiary/aromatic N) is 1. The molecule has 0 spiro atoms. The number of carbonyl (C=O) groups excluding carboxylic acids is 1. The first kappa shape index (κ1) is 32.0. The van der Waals surface area contributed by atoms with E-state index in [1.54, 1.807) is 14.2 Å². The van der Waals surface area contributed by atoms with E-state index in [9.17, 15) is 4.79 Å². The van der Waals surface area contributed by atoms with Crippen molar-refractivity contribution in [3.8, 4) is 5.75 Å². The average molecular weight is 576 g/mol. The zero-order valence-electron chi connectivity index (χ0n) is 26.1. The van der Waals surface area contributed by atoms with Crippen LogP contribution < -0.4 is 20.3 Å². The number of hydrogen-bond donors (Lipinski definition) is 2. The van der Waals surface area contributed by atoms with E-state index in [-0.39, 0.29) is 23.7 Å². The standard InChI is InChI=1S/C32H53N3O6/c1-31(2,30(36)34-18-24-12-15-39-21-29(24)38-6)17-25-9-10-26(19-33-25)40-20-23-8-11-28-27(16-23)35(13-7-14-37-5)22-32(3,4)41-28/h8,11,16,24-26,29,33H,7,9-10,12-15,17-22H2,1-6H3,(H,34,36)/t24-,25+,26-,29+/m1/s1. The summed E-state index contributed by atoms with van der Waals surface area (Å²) in [6.45, 7) is 14.2. The monoisotopic (exact) mass is 575 g/mol. The van der Waals surface area contributed by atoms with Gasteiger partial charge in [0.05, 0.1) is 37.7 Å². The van der Waals surface area contributed by atoms with Crippen LogP contribution in [0.3, 0.4) is 0 Å². The molecule has 41 heavy (non-hydrogen) atoms. The van der Waals surface area contributed by atoms with Crippen LogP contribution >= 0.6 is 0 Å². The van der Waals surface area contributed by atoms with Gasteiger partial charge < -0.3 is 39.2 Å². The number of carbonyl (C=O) groups is 1. The van der Waals surface area contributed by atoms with E-state index >= 15 is 0 Å². The smallest absolute Gasteiger partial charge is 0.225 e. The van der Waals surface area contributed by atoms with Crippen molar-refractivity contribution in [3.05, 3.63) is 23.8 Å². The minimum Gasteiger partial charge on any atom is -0.484 e. The number of methoxy groups -OCH3 is 2. The summed E-state index contributed by atoms with van der Waals surface area (Å²) in [7, 11) is 3.46. The molecule has 232 valence electrons. The van der Waals surface area contributed by atoms with Crippen LogP contribution in [0.2, 0.25) is 0 Å². The maximum absolute atomic E-state index is 13.1. The van der Waals surface area contributed by atoms with Crippen molar-refractivity contribution in [2.24, 2.45) is 11.3 Å². The molecule has 0 aliphatic carbocycles. The zero-order valence-corrected chi connectivity index (χ0v) is 26.1. The molecule has 4 rings (SSSR count). The van der Waals surface area contributed by atoms with E-state index in [0.717, 1.165) is 82.0 Å². The third-order valence-electron chi connectivity index (χ3n) is 8.70. The number of amides is 1. The molecule has 9 heteroatoms. The summed E-state index contributed by atoms with van der Waals surface area (Å²) in [6, 6.07) is 6.71. The minimum absolute atomic E-state index is 0.0470. The minimum atomic E-state index is -0.450. The molecule has 2 fully saturated rings. The van der Waals surface area contributed by atoms with Gasteiger partial charge in [0.15, 0.2) is 0 Å². The van der Waals surface area contributed by atoms with Crippen LogP contribution in [0.4, 0.5) is 5.69 Å². The Morgan fingerprint density at radius 2 is 2.05 bits per heavy atom. The van der Waals surface area contributed by atoms with Gasteiger partial charge in [-0.1, -0.05) is 19.9 Å². The first-order chi connectivity index (χ1) is 19.6. The van der Waals surface area contributed by atoms with E-state index in [1.165, 1.54) is 0 Å². The maximum Gasteiger partial charge on any atom is 0.225 e. The number of ether oxygens (including phenoxy) is 5. The molecule has 1 aromatic rings. The lowest BCUT2D eigenvalue weighted by Gasteiger charge is -2.41. The van der Waals surface area contributed by atoms with Gasteiger partial charge in [-0.2, -0.15) is 0 Å². The molecule has 3 aliphatic rings. The normalized spacial score (nSPS) is 26.2. The van der Waals surface area contributed by atoms with Gasteiger partial charge in [-0.05, 0) is 63.6 Å². The fraction of sp³-hybridized carbons (Fsp3) is 0.781. The van der Waals surface area contributed by atoms with Crippen molar-refractivity contribution in [3.63, 3.8) is 0 Å². The maximum atomic E-state index is 13.1. The number of benzene rings is 1. The Balaban J connectivity index is 1.22. The van der Waals surface area contributed by atoms with Gasteiger partial charge in [0.2, 0.25) is 5.91 Å². The predicted molar refractivity (Wildman–Crippen MR) is 161 cm³/mol. The van der Waals surface area contributed by atoms with E-state index in [0.29, 0.717) is 31.7 Å².